The molecule has 0 spiro atoms. The topological polar surface area (TPSA) is 3.24 Å². The largest absolute Gasteiger partial charge is 1.00 e. The average Bonchev–Trinajstić information content (AvgIpc) is 2.01. The van der Waals surface area contributed by atoms with Crippen LogP contribution in [0.5, 0.6) is 0 Å². The van der Waals surface area contributed by atoms with Crippen LogP contribution >= 0.6 is 0 Å². The number of rotatable bonds is 1. The van der Waals surface area contributed by atoms with E-state index in [1.807, 2.05) is 0 Å². The summed E-state index contributed by atoms with van der Waals surface area (Å²) >= 11 is 0. The first-order chi connectivity index (χ1) is 6.30. The SMILES string of the molecule is Cc1c[b-](N(C)C)cc(C(C)(C)C)c1.[Li+]. The Kier molecular flexibility index (Phi) is 5.17. The molecule has 1 nitrogen and oxygen atoms in total. The molecule has 1 aromatic rings. The third-order valence-electron chi connectivity index (χ3n) is 2.63. The first-order valence-corrected chi connectivity index (χ1v) is 5.22. The Bertz CT molecular complexity index is 329. The fraction of sp³-hybridized carbons (Fsp3) is 0.583. The van der Waals surface area contributed by atoms with Gasteiger partial charge in [0.2, 0.25) is 0 Å². The van der Waals surface area contributed by atoms with E-state index in [-0.39, 0.29) is 24.3 Å². The molecule has 0 atom stereocenters. The van der Waals surface area contributed by atoms with Gasteiger partial charge in [0.25, 0.3) is 0 Å². The van der Waals surface area contributed by atoms with Crippen molar-refractivity contribution in [2.75, 3.05) is 18.9 Å². The summed E-state index contributed by atoms with van der Waals surface area (Å²) in [4.78, 5) is 2.24. The summed E-state index contributed by atoms with van der Waals surface area (Å²) in [6.45, 7) is 9.42. The minimum atomic E-state index is 0. The van der Waals surface area contributed by atoms with Crippen molar-refractivity contribution in [2.45, 2.75) is 33.1 Å². The molecule has 78 valence electrons. The molecule has 15 heavy (non-hydrogen) atoms. The Morgan fingerprint density at radius 1 is 1.13 bits per heavy atom. The van der Waals surface area contributed by atoms with E-state index < -0.39 is 0 Å². The van der Waals surface area contributed by atoms with Gasteiger partial charge in [-0.2, -0.15) is 0 Å². The summed E-state index contributed by atoms with van der Waals surface area (Å²) in [6.07, 6.45) is 0. The Balaban J connectivity index is 0.00000196. The number of hydrogen-bond acceptors (Lipinski definition) is 1. The average molecular weight is 197 g/mol. The van der Waals surface area contributed by atoms with Gasteiger partial charge in [-0.25, -0.2) is 11.9 Å². The van der Waals surface area contributed by atoms with Gasteiger partial charge in [-0.3, -0.25) is 0 Å². The zero-order chi connectivity index (χ0) is 10.9. The van der Waals surface area contributed by atoms with Crippen molar-refractivity contribution < 1.29 is 18.9 Å². The first-order valence-electron chi connectivity index (χ1n) is 5.22. The van der Waals surface area contributed by atoms with Gasteiger partial charge < -0.3 is 4.81 Å². The second-order valence-electron chi connectivity index (χ2n) is 5.38. The summed E-state index contributed by atoms with van der Waals surface area (Å²) in [5.41, 5.74) is 3.07. The molecule has 0 bridgehead atoms. The van der Waals surface area contributed by atoms with Crippen molar-refractivity contribution in [3.63, 3.8) is 0 Å². The molecule has 1 rings (SSSR count). The van der Waals surface area contributed by atoms with Crippen molar-refractivity contribution in [1.29, 1.82) is 0 Å². The molecule has 0 N–H and O–H groups in total. The van der Waals surface area contributed by atoms with Crippen LogP contribution in [0.4, 0.5) is 0 Å². The Hall–Kier alpha value is -0.188. The van der Waals surface area contributed by atoms with Crippen LogP contribution < -0.4 is 23.7 Å². The summed E-state index contributed by atoms with van der Waals surface area (Å²) in [6, 6.07) is 2.29. The zero-order valence-electron chi connectivity index (χ0n) is 11.3. The fourth-order valence-electron chi connectivity index (χ4n) is 1.61. The molecular formula is C12H21BLiN. The van der Waals surface area contributed by atoms with Crippen molar-refractivity contribution in [2.24, 2.45) is 0 Å². The second kappa shape index (κ2) is 5.23. The van der Waals surface area contributed by atoms with Crippen LogP contribution in [-0.2, 0) is 5.41 Å². The minimum Gasteiger partial charge on any atom is -0.588 e. The number of nitrogens with zero attached hydrogens (tertiary/aromatic N) is 1. The van der Waals surface area contributed by atoms with E-state index in [9.17, 15) is 0 Å². The van der Waals surface area contributed by atoms with Crippen molar-refractivity contribution in [3.8, 4) is 0 Å². The molecule has 1 aromatic heterocycles. The Morgan fingerprint density at radius 3 is 2.07 bits per heavy atom. The van der Waals surface area contributed by atoms with E-state index in [0.717, 1.165) is 0 Å². The predicted molar refractivity (Wildman–Crippen MR) is 65.9 cm³/mol. The van der Waals surface area contributed by atoms with Crippen LogP contribution in [0.2, 0.25) is 0 Å². The molecule has 0 radical (unpaired) electrons. The van der Waals surface area contributed by atoms with Gasteiger partial charge in [-0.1, -0.05) is 38.0 Å². The van der Waals surface area contributed by atoms with Crippen LogP contribution in [0, 0.1) is 6.92 Å². The summed E-state index contributed by atoms with van der Waals surface area (Å²) in [5, 5.41) is 0. The second-order valence-corrected chi connectivity index (χ2v) is 5.38. The van der Waals surface area contributed by atoms with E-state index in [4.69, 9.17) is 0 Å². The molecule has 3 heteroatoms. The zero-order valence-corrected chi connectivity index (χ0v) is 11.3. The number of aryl methyl sites for hydroxylation is 1. The molecule has 0 aliphatic carbocycles. The van der Waals surface area contributed by atoms with Crippen LogP contribution in [-0.4, -0.2) is 20.6 Å². The molecule has 0 unspecified atom stereocenters. The van der Waals surface area contributed by atoms with Crippen LogP contribution in [0.1, 0.15) is 31.9 Å². The predicted octanol–water partition coefficient (Wildman–Crippen LogP) is -0.480. The van der Waals surface area contributed by atoms with Crippen LogP contribution in [0.3, 0.4) is 0 Å². The van der Waals surface area contributed by atoms with E-state index in [1.165, 1.54) is 11.1 Å². The molecule has 0 saturated carbocycles. The molecule has 0 fully saturated rings. The van der Waals surface area contributed by atoms with Crippen molar-refractivity contribution >= 4 is 6.48 Å². The molecule has 0 aromatic carbocycles. The summed E-state index contributed by atoms with van der Waals surface area (Å²) in [7, 11) is 4.24. The van der Waals surface area contributed by atoms with Crippen molar-refractivity contribution in [3.05, 3.63) is 29.1 Å². The van der Waals surface area contributed by atoms with Gasteiger partial charge >= 0.3 is 18.9 Å². The maximum absolute atomic E-state index is 2.35. The number of hydrogen-bond donors (Lipinski definition) is 0. The van der Waals surface area contributed by atoms with Gasteiger partial charge in [0.1, 0.15) is 0 Å². The minimum absolute atomic E-state index is 0. The molecule has 0 aliphatic heterocycles. The van der Waals surface area contributed by atoms with Crippen LogP contribution in [0.15, 0.2) is 18.0 Å². The monoisotopic (exact) mass is 197 g/mol. The Labute approximate surface area is 107 Å². The quantitative estimate of drug-likeness (QED) is 0.549. The normalized spacial score (nSPS) is 10.8. The van der Waals surface area contributed by atoms with Crippen LogP contribution in [0.25, 0.3) is 0 Å². The van der Waals surface area contributed by atoms with E-state index >= 15 is 0 Å². The van der Waals surface area contributed by atoms with E-state index in [2.05, 4.69) is 64.6 Å². The van der Waals surface area contributed by atoms with Gasteiger partial charge in [0.05, 0.1) is 0 Å². The fourth-order valence-corrected chi connectivity index (χ4v) is 1.61. The molecule has 0 aliphatic rings. The van der Waals surface area contributed by atoms with Crippen molar-refractivity contribution in [1.82, 2.24) is 0 Å². The smallest absolute Gasteiger partial charge is 0.588 e. The van der Waals surface area contributed by atoms with Gasteiger partial charge in [0, 0.05) is 0 Å². The standard InChI is InChI=1S/C12H21BN.Li/c1-10-7-11(12(2,3)4)9-13(8-10)14(5)6;/h7-9H,1-6H3;/q-1;+1. The van der Waals surface area contributed by atoms with Gasteiger partial charge in [-0.05, 0) is 32.9 Å². The third kappa shape index (κ3) is 4.05. The molecule has 1 heterocycles. The third-order valence-corrected chi connectivity index (χ3v) is 2.63. The molecule has 0 saturated heterocycles. The summed E-state index contributed by atoms with van der Waals surface area (Å²) in [5.74, 6) is 4.65. The maximum Gasteiger partial charge on any atom is 1.00 e. The Morgan fingerprint density at radius 2 is 1.67 bits per heavy atom. The maximum atomic E-state index is 2.35. The van der Waals surface area contributed by atoms with E-state index in [0.29, 0.717) is 6.48 Å². The molecular weight excluding hydrogens is 176 g/mol. The summed E-state index contributed by atoms with van der Waals surface area (Å²) < 4.78 is 0. The van der Waals surface area contributed by atoms with E-state index in [1.54, 1.807) is 0 Å². The van der Waals surface area contributed by atoms with Gasteiger partial charge in [-0.15, -0.1) is 0 Å². The van der Waals surface area contributed by atoms with Gasteiger partial charge in [0.15, 0.2) is 0 Å². The first kappa shape index (κ1) is 14.8. The molecule has 0 amide bonds.